The Kier molecular flexibility index (Phi) is 5.61. The van der Waals surface area contributed by atoms with E-state index in [0.717, 1.165) is 16.5 Å². The fourth-order valence-corrected chi connectivity index (χ4v) is 3.88. The van der Waals surface area contributed by atoms with Crippen molar-refractivity contribution in [3.8, 4) is 0 Å². The second-order valence-corrected chi connectivity index (χ2v) is 8.14. The molecule has 2 heterocycles. The summed E-state index contributed by atoms with van der Waals surface area (Å²) >= 11 is 0. The van der Waals surface area contributed by atoms with Crippen LogP contribution in [-0.4, -0.2) is 51.9 Å². The first kappa shape index (κ1) is 20.8. The molecule has 0 radical (unpaired) electrons. The van der Waals surface area contributed by atoms with Gasteiger partial charge in [0.15, 0.2) is 0 Å². The van der Waals surface area contributed by atoms with Gasteiger partial charge in [-0.2, -0.15) is 0 Å². The van der Waals surface area contributed by atoms with Crippen molar-refractivity contribution in [2.75, 3.05) is 13.2 Å². The zero-order valence-corrected chi connectivity index (χ0v) is 17.5. The quantitative estimate of drug-likeness (QED) is 0.513. The van der Waals surface area contributed by atoms with E-state index in [9.17, 15) is 19.5 Å². The Morgan fingerprint density at radius 2 is 1.84 bits per heavy atom. The first-order valence-electron chi connectivity index (χ1n) is 10.4. The Hall–Kier alpha value is -3.45. The first-order chi connectivity index (χ1) is 14.9. The number of hydrogen-bond donors (Lipinski definition) is 3. The molecule has 1 atom stereocenters. The molecule has 0 saturated heterocycles. The summed E-state index contributed by atoms with van der Waals surface area (Å²) in [6.45, 7) is 3.89. The highest BCUT2D eigenvalue weighted by atomic mass is 16.3. The number of amides is 3. The van der Waals surface area contributed by atoms with E-state index in [1.54, 1.807) is 0 Å². The van der Waals surface area contributed by atoms with Gasteiger partial charge in [-0.3, -0.25) is 19.3 Å². The number of fused-ring (bicyclic) bond motifs is 2. The van der Waals surface area contributed by atoms with Gasteiger partial charge in [0.1, 0.15) is 0 Å². The van der Waals surface area contributed by atoms with Crippen LogP contribution in [-0.2, 0) is 6.42 Å². The largest absolute Gasteiger partial charge is 0.394 e. The van der Waals surface area contributed by atoms with Crippen molar-refractivity contribution in [1.29, 1.82) is 0 Å². The Labute approximate surface area is 180 Å². The molecule has 2 aromatic carbocycles. The van der Waals surface area contributed by atoms with Gasteiger partial charge < -0.3 is 15.4 Å². The van der Waals surface area contributed by atoms with Crippen molar-refractivity contribution in [3.63, 3.8) is 0 Å². The van der Waals surface area contributed by atoms with Gasteiger partial charge in [-0.25, -0.2) is 0 Å². The summed E-state index contributed by atoms with van der Waals surface area (Å²) in [5.74, 6) is -1.06. The van der Waals surface area contributed by atoms with Crippen molar-refractivity contribution in [1.82, 2.24) is 15.2 Å². The molecule has 0 bridgehead atoms. The van der Waals surface area contributed by atoms with E-state index >= 15 is 0 Å². The third-order valence-corrected chi connectivity index (χ3v) is 5.83. The van der Waals surface area contributed by atoms with Gasteiger partial charge >= 0.3 is 0 Å². The Bertz CT molecular complexity index is 1160. The molecule has 160 valence electrons. The van der Waals surface area contributed by atoms with Crippen LogP contribution >= 0.6 is 0 Å². The molecule has 0 fully saturated rings. The zero-order chi connectivity index (χ0) is 22.1. The highest BCUT2D eigenvalue weighted by molar-refractivity contribution is 6.22. The van der Waals surface area contributed by atoms with E-state index in [-0.39, 0.29) is 48.1 Å². The van der Waals surface area contributed by atoms with Crippen LogP contribution in [0.15, 0.2) is 48.7 Å². The van der Waals surface area contributed by atoms with Gasteiger partial charge in [-0.15, -0.1) is 0 Å². The van der Waals surface area contributed by atoms with Gasteiger partial charge in [-0.1, -0.05) is 32.0 Å². The highest BCUT2D eigenvalue weighted by Crippen LogP contribution is 2.25. The summed E-state index contributed by atoms with van der Waals surface area (Å²) in [4.78, 5) is 42.7. The number of imide groups is 1. The van der Waals surface area contributed by atoms with E-state index in [0.29, 0.717) is 12.0 Å². The maximum atomic E-state index is 12.9. The number of nitrogens with zero attached hydrogens (tertiary/aromatic N) is 1. The summed E-state index contributed by atoms with van der Waals surface area (Å²) in [6, 6.07) is 12.0. The van der Waals surface area contributed by atoms with Gasteiger partial charge in [0.2, 0.25) is 0 Å². The first-order valence-corrected chi connectivity index (χ1v) is 10.4. The van der Waals surface area contributed by atoms with Crippen LogP contribution in [0.4, 0.5) is 0 Å². The molecule has 3 amide bonds. The number of carbonyl (C=O) groups excluding carboxylic acids is 3. The molecule has 1 aromatic heterocycles. The van der Waals surface area contributed by atoms with E-state index in [2.05, 4.69) is 10.3 Å². The van der Waals surface area contributed by atoms with Crippen LogP contribution in [0.3, 0.4) is 0 Å². The molecule has 4 rings (SSSR count). The molecule has 7 heteroatoms. The van der Waals surface area contributed by atoms with E-state index in [1.807, 2.05) is 44.3 Å². The van der Waals surface area contributed by atoms with E-state index < -0.39 is 5.91 Å². The number of carbonyl (C=O) groups is 3. The Morgan fingerprint density at radius 1 is 1.10 bits per heavy atom. The number of H-pyrrole nitrogens is 1. The summed E-state index contributed by atoms with van der Waals surface area (Å²) in [5.41, 5.74) is 2.89. The molecule has 0 aliphatic carbocycles. The third-order valence-electron chi connectivity index (χ3n) is 5.83. The lowest BCUT2D eigenvalue weighted by Crippen LogP contribution is -2.41. The SMILES string of the molecule is CC(C)[C@H](CO)NC(=O)c1ccc2c(c1)C(=O)N(CCc1c[nH]c3ccccc13)C2=O. The lowest BCUT2D eigenvalue weighted by molar-refractivity contribution is 0.0656. The number of hydrogen-bond acceptors (Lipinski definition) is 4. The maximum Gasteiger partial charge on any atom is 0.261 e. The normalized spacial score (nSPS) is 14.4. The monoisotopic (exact) mass is 419 g/mol. The van der Waals surface area contributed by atoms with Gasteiger partial charge in [0.05, 0.1) is 23.8 Å². The van der Waals surface area contributed by atoms with Crippen LogP contribution in [0.2, 0.25) is 0 Å². The lowest BCUT2D eigenvalue weighted by Gasteiger charge is -2.19. The predicted molar refractivity (Wildman–Crippen MR) is 117 cm³/mol. The van der Waals surface area contributed by atoms with Crippen LogP contribution in [0.25, 0.3) is 10.9 Å². The number of benzene rings is 2. The van der Waals surface area contributed by atoms with Crippen molar-refractivity contribution in [3.05, 3.63) is 70.9 Å². The molecule has 3 N–H and O–H groups in total. The average molecular weight is 419 g/mol. The van der Waals surface area contributed by atoms with Crippen molar-refractivity contribution >= 4 is 28.6 Å². The van der Waals surface area contributed by atoms with Crippen molar-refractivity contribution in [2.45, 2.75) is 26.3 Å². The smallest absolute Gasteiger partial charge is 0.261 e. The van der Waals surface area contributed by atoms with Crippen LogP contribution in [0, 0.1) is 5.92 Å². The third kappa shape index (κ3) is 3.84. The number of nitrogens with one attached hydrogen (secondary N) is 2. The molecule has 31 heavy (non-hydrogen) atoms. The number of aliphatic hydroxyl groups excluding tert-OH is 1. The Morgan fingerprint density at radius 3 is 2.58 bits per heavy atom. The number of aromatic nitrogens is 1. The second-order valence-electron chi connectivity index (χ2n) is 8.14. The molecule has 0 unspecified atom stereocenters. The van der Waals surface area contributed by atoms with Crippen molar-refractivity contribution in [2.24, 2.45) is 5.92 Å². The molecule has 7 nitrogen and oxygen atoms in total. The maximum absolute atomic E-state index is 12.9. The minimum absolute atomic E-state index is 0.0617. The molecule has 0 saturated carbocycles. The topological polar surface area (TPSA) is 102 Å². The predicted octanol–water partition coefficient (Wildman–Crippen LogP) is 2.75. The van der Waals surface area contributed by atoms with Crippen LogP contribution in [0.1, 0.15) is 50.5 Å². The minimum atomic E-state index is -0.392. The summed E-state index contributed by atoms with van der Waals surface area (Å²) in [6.07, 6.45) is 2.44. The number of aromatic amines is 1. The molecular weight excluding hydrogens is 394 g/mol. The summed E-state index contributed by atoms with van der Waals surface area (Å²) in [5, 5.41) is 13.3. The van der Waals surface area contributed by atoms with Crippen molar-refractivity contribution < 1.29 is 19.5 Å². The van der Waals surface area contributed by atoms with Gasteiger partial charge in [0, 0.05) is 29.2 Å². The average Bonchev–Trinajstić information content (AvgIpc) is 3.29. The number of aliphatic hydroxyl groups is 1. The number of rotatable bonds is 7. The van der Waals surface area contributed by atoms with Gasteiger partial charge in [-0.05, 0) is 42.2 Å². The van der Waals surface area contributed by atoms with E-state index in [1.165, 1.54) is 23.1 Å². The second kappa shape index (κ2) is 8.35. The Balaban J connectivity index is 1.50. The minimum Gasteiger partial charge on any atom is -0.394 e. The summed E-state index contributed by atoms with van der Waals surface area (Å²) < 4.78 is 0. The standard InChI is InChI=1S/C24H25N3O4/c1-14(2)21(13-28)26-22(29)15-7-8-18-19(11-15)24(31)27(23(18)30)10-9-16-12-25-20-6-4-3-5-17(16)20/h3-8,11-12,14,21,25,28H,9-10,13H2,1-2H3,(H,26,29)/t21-/m0/s1. The molecule has 1 aliphatic rings. The number of para-hydroxylation sites is 1. The zero-order valence-electron chi connectivity index (χ0n) is 17.5. The summed E-state index contributed by atoms with van der Waals surface area (Å²) in [7, 11) is 0. The lowest BCUT2D eigenvalue weighted by atomic mass is 10.0. The van der Waals surface area contributed by atoms with Crippen LogP contribution in [0.5, 0.6) is 0 Å². The molecule has 0 spiro atoms. The van der Waals surface area contributed by atoms with E-state index in [4.69, 9.17) is 0 Å². The molecular formula is C24H25N3O4. The van der Waals surface area contributed by atoms with Gasteiger partial charge in [0.25, 0.3) is 17.7 Å². The fourth-order valence-electron chi connectivity index (χ4n) is 3.88. The highest BCUT2D eigenvalue weighted by Gasteiger charge is 2.36. The van der Waals surface area contributed by atoms with Crippen LogP contribution < -0.4 is 5.32 Å². The molecule has 1 aliphatic heterocycles. The molecule has 3 aromatic rings. The fraction of sp³-hybridized carbons (Fsp3) is 0.292.